The van der Waals surface area contributed by atoms with Crippen molar-refractivity contribution in [2.45, 2.75) is 26.0 Å². The molecule has 16 heavy (non-hydrogen) atoms. The van der Waals surface area contributed by atoms with Gasteiger partial charge in [0.1, 0.15) is 11.9 Å². The second-order valence-corrected chi connectivity index (χ2v) is 4.93. The van der Waals surface area contributed by atoms with Gasteiger partial charge in [0, 0.05) is 23.0 Å². The Labute approximate surface area is 104 Å². The largest absolute Gasteiger partial charge is 0.487 e. The number of nitrogens with two attached hydrogens (primary N) is 1. The second-order valence-electron chi connectivity index (χ2n) is 4.02. The number of aryl methyl sites for hydroxylation is 1. The molecular weight excluding hydrogens is 270 g/mol. The van der Waals surface area contributed by atoms with Gasteiger partial charge in [0.25, 0.3) is 0 Å². The molecule has 1 aromatic carbocycles. The van der Waals surface area contributed by atoms with Crippen LogP contribution in [-0.4, -0.2) is 19.3 Å². The number of hydrogen-bond acceptors (Lipinski definition) is 3. The summed E-state index contributed by atoms with van der Waals surface area (Å²) in [6.45, 7) is 4.00. The normalized spacial score (nSPS) is 20.1. The highest BCUT2D eigenvalue weighted by molar-refractivity contribution is 9.10. The minimum Gasteiger partial charge on any atom is -0.487 e. The van der Waals surface area contributed by atoms with E-state index < -0.39 is 0 Å². The Hall–Kier alpha value is -0.580. The summed E-state index contributed by atoms with van der Waals surface area (Å²) in [4.78, 5) is 0. The van der Waals surface area contributed by atoms with Crippen molar-refractivity contribution >= 4 is 15.9 Å². The number of ether oxygens (including phenoxy) is 2. The minimum absolute atomic E-state index is 0.171. The maximum absolute atomic E-state index is 5.96. The van der Waals surface area contributed by atoms with Gasteiger partial charge < -0.3 is 15.2 Å². The summed E-state index contributed by atoms with van der Waals surface area (Å²) in [5.41, 5.74) is 7.88. The van der Waals surface area contributed by atoms with Gasteiger partial charge in [-0.3, -0.25) is 0 Å². The smallest absolute Gasteiger partial charge is 0.127 e. The average Bonchev–Trinajstić information content (AvgIpc) is 2.74. The summed E-state index contributed by atoms with van der Waals surface area (Å²) in [5.74, 6) is 0.918. The molecule has 1 atom stereocenters. The van der Waals surface area contributed by atoms with Crippen molar-refractivity contribution in [3.05, 3.63) is 27.7 Å². The summed E-state index contributed by atoms with van der Waals surface area (Å²) < 4.78 is 12.3. The zero-order valence-electron chi connectivity index (χ0n) is 9.33. The van der Waals surface area contributed by atoms with Crippen LogP contribution in [0.5, 0.6) is 5.75 Å². The van der Waals surface area contributed by atoms with Gasteiger partial charge in [-0.2, -0.15) is 0 Å². The van der Waals surface area contributed by atoms with Crippen molar-refractivity contribution in [3.8, 4) is 5.75 Å². The van der Waals surface area contributed by atoms with Gasteiger partial charge >= 0.3 is 0 Å². The van der Waals surface area contributed by atoms with Crippen LogP contribution in [-0.2, 0) is 11.3 Å². The van der Waals surface area contributed by atoms with E-state index in [0.717, 1.165) is 34.4 Å². The van der Waals surface area contributed by atoms with E-state index in [9.17, 15) is 0 Å². The van der Waals surface area contributed by atoms with Gasteiger partial charge in [-0.1, -0.05) is 15.9 Å². The van der Waals surface area contributed by atoms with Crippen LogP contribution in [0.25, 0.3) is 0 Å². The molecule has 0 aromatic heterocycles. The fourth-order valence-corrected chi connectivity index (χ4v) is 2.51. The van der Waals surface area contributed by atoms with Gasteiger partial charge in [0.05, 0.1) is 13.2 Å². The Kier molecular flexibility index (Phi) is 3.84. The average molecular weight is 286 g/mol. The maximum atomic E-state index is 5.96. The molecule has 0 radical (unpaired) electrons. The summed E-state index contributed by atoms with van der Waals surface area (Å²) in [6, 6.07) is 4.06. The van der Waals surface area contributed by atoms with Gasteiger partial charge in [-0.15, -0.1) is 0 Å². The first-order chi connectivity index (χ1) is 7.70. The first-order valence-corrected chi connectivity index (χ1v) is 6.23. The Morgan fingerprint density at radius 1 is 1.56 bits per heavy atom. The van der Waals surface area contributed by atoms with Crippen molar-refractivity contribution in [2.24, 2.45) is 5.73 Å². The van der Waals surface area contributed by atoms with Crippen molar-refractivity contribution < 1.29 is 9.47 Å². The van der Waals surface area contributed by atoms with Gasteiger partial charge in [-0.05, 0) is 24.6 Å². The highest BCUT2D eigenvalue weighted by Crippen LogP contribution is 2.29. The molecule has 1 heterocycles. The molecule has 1 aliphatic rings. The number of halogens is 1. The van der Waals surface area contributed by atoms with Crippen LogP contribution < -0.4 is 10.5 Å². The predicted molar refractivity (Wildman–Crippen MR) is 66.6 cm³/mol. The van der Waals surface area contributed by atoms with E-state index in [-0.39, 0.29) is 6.10 Å². The molecule has 1 fully saturated rings. The molecule has 0 spiro atoms. The topological polar surface area (TPSA) is 44.5 Å². The first kappa shape index (κ1) is 11.9. The van der Waals surface area contributed by atoms with Crippen molar-refractivity contribution in [3.63, 3.8) is 0 Å². The molecule has 88 valence electrons. The Morgan fingerprint density at radius 2 is 2.38 bits per heavy atom. The van der Waals surface area contributed by atoms with Crippen LogP contribution in [0.2, 0.25) is 0 Å². The highest BCUT2D eigenvalue weighted by Gasteiger charge is 2.19. The van der Waals surface area contributed by atoms with Crippen molar-refractivity contribution in [1.82, 2.24) is 0 Å². The van der Waals surface area contributed by atoms with Crippen molar-refractivity contribution in [2.75, 3.05) is 13.2 Å². The quantitative estimate of drug-likeness (QED) is 0.928. The lowest BCUT2D eigenvalue weighted by Crippen LogP contribution is -2.18. The third-order valence-corrected chi connectivity index (χ3v) is 3.17. The summed E-state index contributed by atoms with van der Waals surface area (Å²) in [6.07, 6.45) is 1.13. The lowest BCUT2D eigenvalue weighted by Gasteiger charge is -2.17. The van der Waals surface area contributed by atoms with E-state index in [2.05, 4.69) is 15.9 Å². The van der Waals surface area contributed by atoms with E-state index >= 15 is 0 Å². The highest BCUT2D eigenvalue weighted by atomic mass is 79.9. The van der Waals surface area contributed by atoms with E-state index in [1.165, 1.54) is 0 Å². The third kappa shape index (κ3) is 2.56. The fourth-order valence-electron chi connectivity index (χ4n) is 1.89. The molecule has 1 unspecified atom stereocenters. The predicted octanol–water partition coefficient (Wildman–Crippen LogP) is 2.38. The maximum Gasteiger partial charge on any atom is 0.127 e. The Bertz CT molecular complexity index is 376. The van der Waals surface area contributed by atoms with Crippen LogP contribution in [0.1, 0.15) is 17.5 Å². The Balaban J connectivity index is 2.23. The van der Waals surface area contributed by atoms with Crippen LogP contribution in [0, 0.1) is 6.92 Å². The fraction of sp³-hybridized carbons (Fsp3) is 0.500. The molecule has 2 rings (SSSR count). The summed E-state index contributed by atoms with van der Waals surface area (Å²) in [7, 11) is 0. The number of rotatable bonds is 3. The van der Waals surface area contributed by atoms with Crippen LogP contribution in [0.15, 0.2) is 16.6 Å². The molecule has 0 bridgehead atoms. The van der Waals surface area contributed by atoms with E-state index in [0.29, 0.717) is 13.2 Å². The lowest BCUT2D eigenvalue weighted by atomic mass is 10.1. The molecule has 1 saturated heterocycles. The third-order valence-electron chi connectivity index (χ3n) is 2.71. The molecule has 0 amide bonds. The summed E-state index contributed by atoms with van der Waals surface area (Å²) in [5, 5.41) is 0. The van der Waals surface area contributed by atoms with E-state index in [4.69, 9.17) is 15.2 Å². The van der Waals surface area contributed by atoms with Gasteiger partial charge in [0.2, 0.25) is 0 Å². The number of benzene rings is 1. The number of hydrogen-bond donors (Lipinski definition) is 1. The van der Waals surface area contributed by atoms with E-state index in [1.807, 2.05) is 19.1 Å². The monoisotopic (exact) mass is 285 g/mol. The molecule has 0 aliphatic carbocycles. The molecule has 3 nitrogen and oxygen atoms in total. The zero-order valence-corrected chi connectivity index (χ0v) is 10.9. The second kappa shape index (κ2) is 5.17. The van der Waals surface area contributed by atoms with Crippen LogP contribution in [0.3, 0.4) is 0 Å². The molecule has 4 heteroatoms. The molecule has 0 saturated carbocycles. The molecule has 1 aliphatic heterocycles. The molecule has 1 aromatic rings. The first-order valence-electron chi connectivity index (χ1n) is 5.44. The van der Waals surface area contributed by atoms with Crippen LogP contribution in [0.4, 0.5) is 0 Å². The Morgan fingerprint density at radius 3 is 3.00 bits per heavy atom. The minimum atomic E-state index is 0.171. The summed E-state index contributed by atoms with van der Waals surface area (Å²) >= 11 is 3.46. The molecular formula is C12H16BrNO2. The van der Waals surface area contributed by atoms with E-state index in [1.54, 1.807) is 0 Å². The van der Waals surface area contributed by atoms with Gasteiger partial charge in [0.15, 0.2) is 0 Å². The lowest BCUT2D eigenvalue weighted by molar-refractivity contribution is 0.140. The van der Waals surface area contributed by atoms with Crippen LogP contribution >= 0.6 is 15.9 Å². The molecule has 2 N–H and O–H groups in total. The van der Waals surface area contributed by atoms with Gasteiger partial charge in [-0.25, -0.2) is 0 Å². The zero-order chi connectivity index (χ0) is 11.5. The standard InChI is InChI=1S/C12H16BrNO2/c1-8-4-10(13)5-9(6-14)12(8)16-11-2-3-15-7-11/h4-5,11H,2-3,6-7,14H2,1H3. The van der Waals surface area contributed by atoms with Crippen molar-refractivity contribution in [1.29, 1.82) is 0 Å². The SMILES string of the molecule is Cc1cc(Br)cc(CN)c1OC1CCOC1.